The molecule has 0 saturated carbocycles. The zero-order valence-electron chi connectivity index (χ0n) is 19.3. The molecule has 0 unspecified atom stereocenters. The number of aromatic nitrogens is 1. The van der Waals surface area contributed by atoms with Gasteiger partial charge >= 0.3 is 0 Å². The van der Waals surface area contributed by atoms with Gasteiger partial charge in [-0.2, -0.15) is 0 Å². The molecule has 2 aromatic carbocycles. The molecule has 0 radical (unpaired) electrons. The fourth-order valence-electron chi connectivity index (χ4n) is 3.47. The first-order chi connectivity index (χ1) is 15.6. The highest BCUT2D eigenvalue weighted by Gasteiger charge is 2.28. The number of nitrogens with zero attached hydrogens (tertiary/aromatic N) is 2. The number of anilines is 1. The standard InChI is InChI=1S/C25H29ClN4O3/c1-16-22(17(2)33-29-16)24(32)30(15-25(3,4)14-27)13-18-8-10-21(11-9-18)28-23(31)19-6-5-7-20(26)12-19/h5-12H,13-15,27H2,1-4H3,(H,28,31). The molecule has 7 nitrogen and oxygen atoms in total. The zero-order chi connectivity index (χ0) is 24.2. The van der Waals surface area contributed by atoms with E-state index in [1.807, 2.05) is 38.1 Å². The number of aryl methyl sites for hydroxylation is 2. The van der Waals surface area contributed by atoms with Crippen LogP contribution in [0.1, 0.15) is 51.6 Å². The number of rotatable bonds is 8. The van der Waals surface area contributed by atoms with E-state index < -0.39 is 0 Å². The van der Waals surface area contributed by atoms with E-state index in [0.717, 1.165) is 5.56 Å². The quantitative estimate of drug-likeness (QED) is 0.493. The van der Waals surface area contributed by atoms with Crippen molar-refractivity contribution in [2.75, 3.05) is 18.4 Å². The van der Waals surface area contributed by atoms with Crippen molar-refractivity contribution in [1.29, 1.82) is 0 Å². The molecular formula is C25H29ClN4O3. The van der Waals surface area contributed by atoms with Crippen LogP contribution in [-0.4, -0.2) is 35.0 Å². The summed E-state index contributed by atoms with van der Waals surface area (Å²) in [5, 5.41) is 7.28. The first kappa shape index (κ1) is 24.5. The molecule has 0 aliphatic carbocycles. The van der Waals surface area contributed by atoms with Gasteiger partial charge in [0.1, 0.15) is 11.3 Å². The molecule has 0 atom stereocenters. The maximum absolute atomic E-state index is 13.4. The minimum absolute atomic E-state index is 0.147. The average molecular weight is 469 g/mol. The Balaban J connectivity index is 1.77. The van der Waals surface area contributed by atoms with Crippen molar-refractivity contribution in [3.05, 3.63) is 81.7 Å². The highest BCUT2D eigenvalue weighted by Crippen LogP contribution is 2.23. The number of hydrogen-bond acceptors (Lipinski definition) is 5. The summed E-state index contributed by atoms with van der Waals surface area (Å²) >= 11 is 5.97. The van der Waals surface area contributed by atoms with E-state index in [9.17, 15) is 9.59 Å². The number of nitrogens with two attached hydrogens (primary N) is 1. The predicted octanol–water partition coefficient (Wildman–Crippen LogP) is 4.82. The second-order valence-corrected chi connectivity index (χ2v) is 9.33. The minimum atomic E-state index is -0.264. The Kier molecular flexibility index (Phi) is 7.56. The number of nitrogens with one attached hydrogen (secondary N) is 1. The molecule has 0 aliphatic rings. The topological polar surface area (TPSA) is 101 Å². The second-order valence-electron chi connectivity index (χ2n) is 8.89. The van der Waals surface area contributed by atoms with Crippen LogP contribution in [0.2, 0.25) is 5.02 Å². The number of amides is 2. The second kappa shape index (κ2) is 10.2. The Morgan fingerprint density at radius 2 is 1.85 bits per heavy atom. The Bertz CT molecular complexity index is 1120. The van der Waals surface area contributed by atoms with E-state index in [1.54, 1.807) is 43.0 Å². The summed E-state index contributed by atoms with van der Waals surface area (Å²) < 4.78 is 5.20. The van der Waals surface area contributed by atoms with Crippen molar-refractivity contribution >= 4 is 29.1 Å². The Labute approximate surface area is 198 Å². The monoisotopic (exact) mass is 468 g/mol. The van der Waals surface area contributed by atoms with Crippen molar-refractivity contribution in [2.45, 2.75) is 34.2 Å². The number of benzene rings is 2. The first-order valence-electron chi connectivity index (χ1n) is 10.7. The van der Waals surface area contributed by atoms with E-state index in [2.05, 4.69) is 10.5 Å². The van der Waals surface area contributed by atoms with Gasteiger partial charge in [-0.1, -0.05) is 48.8 Å². The lowest BCUT2D eigenvalue weighted by atomic mass is 9.92. The number of carbonyl (C=O) groups excluding carboxylic acids is 2. The van der Waals surface area contributed by atoms with Crippen LogP contribution < -0.4 is 11.1 Å². The summed E-state index contributed by atoms with van der Waals surface area (Å²) in [5.41, 5.74) is 8.76. The van der Waals surface area contributed by atoms with Gasteiger partial charge in [-0.25, -0.2) is 0 Å². The van der Waals surface area contributed by atoms with Gasteiger partial charge in [0.05, 0.1) is 5.69 Å². The van der Waals surface area contributed by atoms with Crippen LogP contribution in [0.5, 0.6) is 0 Å². The molecule has 0 aliphatic heterocycles. The van der Waals surface area contributed by atoms with Gasteiger partial charge in [0, 0.05) is 29.4 Å². The van der Waals surface area contributed by atoms with Crippen LogP contribution in [0.15, 0.2) is 53.1 Å². The molecule has 33 heavy (non-hydrogen) atoms. The molecule has 8 heteroatoms. The SMILES string of the molecule is Cc1noc(C)c1C(=O)N(Cc1ccc(NC(=O)c2cccc(Cl)c2)cc1)CC(C)(C)CN. The third-order valence-electron chi connectivity index (χ3n) is 5.38. The van der Waals surface area contributed by atoms with E-state index in [1.165, 1.54) is 0 Å². The van der Waals surface area contributed by atoms with Crippen LogP contribution in [-0.2, 0) is 6.54 Å². The molecular weight excluding hydrogens is 440 g/mol. The molecule has 1 heterocycles. The van der Waals surface area contributed by atoms with Crippen LogP contribution in [0.4, 0.5) is 5.69 Å². The number of halogens is 1. The van der Waals surface area contributed by atoms with Crippen molar-refractivity contribution in [3.8, 4) is 0 Å². The van der Waals surface area contributed by atoms with Gasteiger partial charge < -0.3 is 20.5 Å². The van der Waals surface area contributed by atoms with Gasteiger partial charge in [0.15, 0.2) is 0 Å². The fourth-order valence-corrected chi connectivity index (χ4v) is 3.66. The first-order valence-corrected chi connectivity index (χ1v) is 11.1. The van der Waals surface area contributed by atoms with Crippen molar-refractivity contribution in [2.24, 2.45) is 11.1 Å². The molecule has 0 bridgehead atoms. The Morgan fingerprint density at radius 3 is 2.42 bits per heavy atom. The maximum atomic E-state index is 13.4. The minimum Gasteiger partial charge on any atom is -0.361 e. The summed E-state index contributed by atoms with van der Waals surface area (Å²) in [4.78, 5) is 27.6. The lowest BCUT2D eigenvalue weighted by Gasteiger charge is -2.32. The number of hydrogen-bond donors (Lipinski definition) is 2. The van der Waals surface area contributed by atoms with Gasteiger partial charge in [0.25, 0.3) is 11.8 Å². The average Bonchev–Trinajstić information content (AvgIpc) is 3.12. The predicted molar refractivity (Wildman–Crippen MR) is 129 cm³/mol. The summed E-state index contributed by atoms with van der Waals surface area (Å²) in [6, 6.07) is 14.2. The molecule has 3 N–H and O–H groups in total. The van der Waals surface area contributed by atoms with Gasteiger partial charge in [0.2, 0.25) is 0 Å². The molecule has 0 spiro atoms. The fraction of sp³-hybridized carbons (Fsp3) is 0.320. The molecule has 3 aromatic rings. The van der Waals surface area contributed by atoms with E-state index in [-0.39, 0.29) is 17.2 Å². The van der Waals surface area contributed by atoms with Crippen LogP contribution in [0.25, 0.3) is 0 Å². The normalized spacial score (nSPS) is 11.3. The van der Waals surface area contributed by atoms with E-state index in [0.29, 0.717) is 52.9 Å². The molecule has 2 amide bonds. The molecule has 1 aromatic heterocycles. The largest absolute Gasteiger partial charge is 0.361 e. The van der Waals surface area contributed by atoms with Crippen LogP contribution in [0, 0.1) is 19.3 Å². The summed E-state index contributed by atoms with van der Waals surface area (Å²) in [7, 11) is 0. The molecule has 0 saturated heterocycles. The highest BCUT2D eigenvalue weighted by molar-refractivity contribution is 6.31. The van der Waals surface area contributed by atoms with Crippen LogP contribution >= 0.6 is 11.6 Å². The van der Waals surface area contributed by atoms with Crippen molar-refractivity contribution < 1.29 is 14.1 Å². The lowest BCUT2D eigenvalue weighted by molar-refractivity contribution is 0.0671. The highest BCUT2D eigenvalue weighted by atomic mass is 35.5. The summed E-state index contributed by atoms with van der Waals surface area (Å²) in [6.07, 6.45) is 0. The number of carbonyl (C=O) groups is 2. The Morgan fingerprint density at radius 1 is 1.15 bits per heavy atom. The molecule has 174 valence electrons. The van der Waals surface area contributed by atoms with E-state index in [4.69, 9.17) is 21.9 Å². The molecule has 3 rings (SSSR count). The summed E-state index contributed by atoms with van der Waals surface area (Å²) in [5.74, 6) is 0.100. The van der Waals surface area contributed by atoms with Gasteiger partial charge in [-0.3, -0.25) is 9.59 Å². The lowest BCUT2D eigenvalue weighted by Crippen LogP contribution is -2.42. The van der Waals surface area contributed by atoms with Crippen molar-refractivity contribution in [1.82, 2.24) is 10.1 Å². The van der Waals surface area contributed by atoms with E-state index >= 15 is 0 Å². The van der Waals surface area contributed by atoms with Crippen molar-refractivity contribution in [3.63, 3.8) is 0 Å². The maximum Gasteiger partial charge on any atom is 0.259 e. The molecule has 0 fully saturated rings. The van der Waals surface area contributed by atoms with Gasteiger partial charge in [-0.15, -0.1) is 0 Å². The third-order valence-corrected chi connectivity index (χ3v) is 5.61. The van der Waals surface area contributed by atoms with Crippen LogP contribution in [0.3, 0.4) is 0 Å². The third kappa shape index (κ3) is 6.21. The zero-order valence-corrected chi connectivity index (χ0v) is 20.1. The van der Waals surface area contributed by atoms with Gasteiger partial charge in [-0.05, 0) is 61.7 Å². The smallest absolute Gasteiger partial charge is 0.259 e. The Hall–Kier alpha value is -3.16. The summed E-state index contributed by atoms with van der Waals surface area (Å²) in [6.45, 7) is 8.83.